The van der Waals surface area contributed by atoms with Crippen molar-refractivity contribution >= 4 is 28.2 Å². The number of fused-ring (bicyclic) bond motifs is 2. The first kappa shape index (κ1) is 20.0. The summed E-state index contributed by atoms with van der Waals surface area (Å²) in [6, 6.07) is 6.25. The Morgan fingerprint density at radius 3 is 2.44 bits per heavy atom. The maximum absolute atomic E-state index is 12.3. The van der Waals surface area contributed by atoms with Crippen molar-refractivity contribution in [2.24, 2.45) is 23.5 Å². The lowest BCUT2D eigenvalue weighted by Gasteiger charge is -2.27. The molecule has 8 heteroatoms. The molecule has 0 saturated heterocycles. The summed E-state index contributed by atoms with van der Waals surface area (Å²) in [4.78, 5) is 12.6. The molecule has 0 heterocycles. The maximum Gasteiger partial charge on any atom is 0.225 e. The van der Waals surface area contributed by atoms with Gasteiger partial charge in [-0.2, -0.15) is 0 Å². The summed E-state index contributed by atoms with van der Waals surface area (Å²) in [5.74, 6) is 1.50. The summed E-state index contributed by atoms with van der Waals surface area (Å²) in [7, 11) is -3.20. The highest BCUT2D eigenvalue weighted by Crippen LogP contribution is 2.47. The number of nitrogens with two attached hydrogens (primary N) is 1. The number of sulfone groups is 1. The lowest BCUT2D eigenvalue weighted by atomic mass is 9.84. The maximum atomic E-state index is 12.3. The Hall–Kier alpha value is -1.31. The molecule has 4 atom stereocenters. The van der Waals surface area contributed by atoms with Gasteiger partial charge in [-0.3, -0.25) is 4.79 Å². The number of hydrogen-bond acceptors (Lipinski definition) is 5. The van der Waals surface area contributed by atoms with E-state index < -0.39 is 9.84 Å². The summed E-state index contributed by atoms with van der Waals surface area (Å²) < 4.78 is 28.3. The minimum atomic E-state index is -3.20. The molecule has 1 amide bonds. The molecule has 6 nitrogen and oxygen atoms in total. The van der Waals surface area contributed by atoms with Crippen LogP contribution in [0.25, 0.3) is 0 Å². The van der Waals surface area contributed by atoms with Gasteiger partial charge in [0.15, 0.2) is 9.84 Å². The van der Waals surface area contributed by atoms with E-state index in [4.69, 9.17) is 10.5 Å². The second-order valence-electron chi connectivity index (χ2n) is 6.82. The topological polar surface area (TPSA) is 98.5 Å². The van der Waals surface area contributed by atoms with Gasteiger partial charge in [0.25, 0.3) is 0 Å². The van der Waals surface area contributed by atoms with E-state index in [2.05, 4.69) is 5.32 Å². The van der Waals surface area contributed by atoms with E-state index in [1.165, 1.54) is 18.4 Å². The fourth-order valence-corrected chi connectivity index (χ4v) is 4.60. The van der Waals surface area contributed by atoms with Crippen LogP contribution in [0.3, 0.4) is 0 Å². The van der Waals surface area contributed by atoms with Crippen molar-refractivity contribution in [1.82, 2.24) is 5.32 Å². The van der Waals surface area contributed by atoms with Crippen LogP contribution >= 0.6 is 12.4 Å². The normalized spacial score (nSPS) is 27.6. The zero-order chi connectivity index (χ0) is 17.3. The Bertz CT molecular complexity index is 706. The molecule has 2 bridgehead atoms. The van der Waals surface area contributed by atoms with E-state index in [-0.39, 0.29) is 35.2 Å². The van der Waals surface area contributed by atoms with Crippen molar-refractivity contribution in [3.8, 4) is 5.75 Å². The molecule has 140 valence electrons. The van der Waals surface area contributed by atoms with Gasteiger partial charge in [0, 0.05) is 12.3 Å². The molecule has 0 aromatic heterocycles. The summed E-state index contributed by atoms with van der Waals surface area (Å²) in [6.07, 6.45) is 4.52. The molecule has 2 fully saturated rings. The monoisotopic (exact) mass is 388 g/mol. The molecule has 1 aromatic carbocycles. The summed E-state index contributed by atoms with van der Waals surface area (Å²) >= 11 is 0. The molecule has 0 spiro atoms. The van der Waals surface area contributed by atoms with Crippen molar-refractivity contribution in [3.05, 3.63) is 24.3 Å². The van der Waals surface area contributed by atoms with Crippen molar-refractivity contribution < 1.29 is 17.9 Å². The van der Waals surface area contributed by atoms with Crippen LogP contribution in [0.1, 0.15) is 19.3 Å². The predicted molar refractivity (Wildman–Crippen MR) is 97.6 cm³/mol. The van der Waals surface area contributed by atoms with Crippen LogP contribution in [-0.4, -0.2) is 39.8 Å². The number of rotatable bonds is 6. The van der Waals surface area contributed by atoms with Crippen LogP contribution in [0, 0.1) is 17.8 Å². The smallest absolute Gasteiger partial charge is 0.225 e. The van der Waals surface area contributed by atoms with E-state index in [0.29, 0.717) is 30.7 Å². The molecule has 4 unspecified atom stereocenters. The molecule has 25 heavy (non-hydrogen) atoms. The van der Waals surface area contributed by atoms with Crippen LogP contribution in [-0.2, 0) is 14.6 Å². The van der Waals surface area contributed by atoms with Gasteiger partial charge in [-0.15, -0.1) is 12.4 Å². The van der Waals surface area contributed by atoms with E-state index >= 15 is 0 Å². The molecular weight excluding hydrogens is 364 g/mol. The molecule has 0 aliphatic heterocycles. The largest absolute Gasteiger partial charge is 0.492 e. The Labute approximate surface area is 154 Å². The van der Waals surface area contributed by atoms with Crippen molar-refractivity contribution in [2.75, 3.05) is 19.4 Å². The average Bonchev–Trinajstić information content (AvgIpc) is 3.12. The highest BCUT2D eigenvalue weighted by molar-refractivity contribution is 7.90. The second kappa shape index (κ2) is 7.93. The van der Waals surface area contributed by atoms with Gasteiger partial charge in [-0.25, -0.2) is 8.42 Å². The highest BCUT2D eigenvalue weighted by Gasteiger charge is 2.48. The van der Waals surface area contributed by atoms with Gasteiger partial charge >= 0.3 is 0 Å². The van der Waals surface area contributed by atoms with Crippen molar-refractivity contribution in [1.29, 1.82) is 0 Å². The standard InChI is InChI=1S/C17H24N2O4S.ClH/c1-24(21,22)14-6-4-13(5-7-14)23-9-8-19-17(20)15-11-2-3-12(10-11)16(15)18;/h4-7,11-12,15-16H,2-3,8-10,18H2,1H3,(H,19,20);1H. The lowest BCUT2D eigenvalue weighted by Crippen LogP contribution is -2.46. The Morgan fingerprint density at radius 2 is 1.88 bits per heavy atom. The minimum Gasteiger partial charge on any atom is -0.492 e. The first-order valence-electron chi connectivity index (χ1n) is 8.32. The molecule has 3 rings (SSSR count). The quantitative estimate of drug-likeness (QED) is 0.717. The van der Waals surface area contributed by atoms with E-state index in [1.54, 1.807) is 12.1 Å². The van der Waals surface area contributed by atoms with Gasteiger partial charge in [-0.05, 0) is 55.4 Å². The molecule has 1 aromatic rings. The SMILES string of the molecule is CS(=O)(=O)c1ccc(OCCNC(=O)C2C3CCC(C3)C2N)cc1.Cl. The molecule has 2 aliphatic rings. The van der Waals surface area contributed by atoms with E-state index in [0.717, 1.165) is 19.3 Å². The van der Waals surface area contributed by atoms with Crippen molar-refractivity contribution in [3.63, 3.8) is 0 Å². The zero-order valence-electron chi connectivity index (χ0n) is 14.2. The molecule has 2 aliphatic carbocycles. The number of halogens is 1. The summed E-state index contributed by atoms with van der Waals surface area (Å²) in [5, 5.41) is 2.91. The third-order valence-electron chi connectivity index (χ3n) is 5.21. The van der Waals surface area contributed by atoms with Crippen LogP contribution in [0.2, 0.25) is 0 Å². The van der Waals surface area contributed by atoms with Gasteiger partial charge in [0.1, 0.15) is 12.4 Å². The number of amides is 1. The number of carbonyl (C=O) groups excluding carboxylic acids is 1. The fraction of sp³-hybridized carbons (Fsp3) is 0.588. The number of carbonyl (C=O) groups is 1. The van der Waals surface area contributed by atoms with Crippen LogP contribution in [0.4, 0.5) is 0 Å². The Kier molecular flexibility index (Phi) is 6.35. The van der Waals surface area contributed by atoms with Gasteiger partial charge in [-0.1, -0.05) is 0 Å². The summed E-state index contributed by atoms with van der Waals surface area (Å²) in [6.45, 7) is 0.743. The number of ether oxygens (including phenoxy) is 1. The summed E-state index contributed by atoms with van der Waals surface area (Å²) in [5.41, 5.74) is 6.17. The van der Waals surface area contributed by atoms with Gasteiger partial charge in [0.2, 0.25) is 5.91 Å². The first-order valence-corrected chi connectivity index (χ1v) is 10.2. The molecule has 3 N–H and O–H groups in total. The Balaban J connectivity index is 0.00000225. The molecule has 0 radical (unpaired) electrons. The number of hydrogen-bond donors (Lipinski definition) is 2. The third-order valence-corrected chi connectivity index (χ3v) is 6.33. The minimum absolute atomic E-state index is 0. The molecule has 2 saturated carbocycles. The fourth-order valence-electron chi connectivity index (χ4n) is 3.97. The van der Waals surface area contributed by atoms with Crippen LogP contribution in [0.15, 0.2) is 29.2 Å². The van der Waals surface area contributed by atoms with Crippen LogP contribution < -0.4 is 15.8 Å². The first-order chi connectivity index (χ1) is 11.4. The molecular formula is C17H25ClN2O4S. The zero-order valence-corrected chi connectivity index (χ0v) is 15.8. The second-order valence-corrected chi connectivity index (χ2v) is 8.84. The Morgan fingerprint density at radius 1 is 1.24 bits per heavy atom. The highest BCUT2D eigenvalue weighted by atomic mass is 35.5. The number of benzene rings is 1. The van der Waals surface area contributed by atoms with Gasteiger partial charge in [0.05, 0.1) is 17.4 Å². The van der Waals surface area contributed by atoms with E-state index in [9.17, 15) is 13.2 Å². The third kappa shape index (κ3) is 4.46. The predicted octanol–water partition coefficient (Wildman–Crippen LogP) is 1.38. The number of nitrogens with one attached hydrogen (secondary N) is 1. The van der Waals surface area contributed by atoms with Crippen molar-refractivity contribution in [2.45, 2.75) is 30.2 Å². The van der Waals surface area contributed by atoms with E-state index in [1.807, 2.05) is 0 Å². The average molecular weight is 389 g/mol. The lowest BCUT2D eigenvalue weighted by molar-refractivity contribution is -0.127. The van der Waals surface area contributed by atoms with Crippen LogP contribution in [0.5, 0.6) is 5.75 Å². The van der Waals surface area contributed by atoms with Gasteiger partial charge < -0.3 is 15.8 Å².